The number of amides is 1. The van der Waals surface area contributed by atoms with Crippen LogP contribution >= 0.6 is 0 Å². The molecule has 3 rings (SSSR count). The Morgan fingerprint density at radius 2 is 1.67 bits per heavy atom. The zero-order valence-corrected chi connectivity index (χ0v) is 20.5. The van der Waals surface area contributed by atoms with Gasteiger partial charge in [-0.3, -0.25) is 19.2 Å². The number of fused-ring (bicyclic) bond motifs is 1. The fourth-order valence-corrected chi connectivity index (χ4v) is 4.20. The van der Waals surface area contributed by atoms with Crippen LogP contribution in [-0.4, -0.2) is 73.1 Å². The van der Waals surface area contributed by atoms with Gasteiger partial charge in [0.05, 0.1) is 0 Å². The van der Waals surface area contributed by atoms with Crippen LogP contribution in [0.4, 0.5) is 0 Å². The van der Waals surface area contributed by atoms with Crippen molar-refractivity contribution in [1.82, 2.24) is 5.32 Å². The number of allylic oxidation sites excluding steroid dienone is 1. The monoisotopic (exact) mass is 507 g/mol. The SMILES string of the molecule is CC(=O)N[C@@H]1[C@H](OC2=C[C@@H]3OC(=O)C=C(C)[C@@H]3C=C2)O[C@H](COC(C)=O)[C@@H](OC(C)=O)[C@@H]1OC(C)=O. The molecule has 0 spiro atoms. The molecule has 3 aliphatic rings. The van der Waals surface area contributed by atoms with Gasteiger partial charge in [-0.15, -0.1) is 0 Å². The molecular formula is C24H29NO11. The Hall–Kier alpha value is -3.67. The van der Waals surface area contributed by atoms with Crippen LogP contribution in [0.25, 0.3) is 0 Å². The zero-order valence-electron chi connectivity index (χ0n) is 20.5. The molecule has 0 radical (unpaired) electrons. The number of rotatable bonds is 7. The second-order valence-electron chi connectivity index (χ2n) is 8.58. The second-order valence-corrected chi connectivity index (χ2v) is 8.58. The Morgan fingerprint density at radius 3 is 2.28 bits per heavy atom. The summed E-state index contributed by atoms with van der Waals surface area (Å²) in [5, 5.41) is 2.62. The molecule has 0 saturated carbocycles. The molecule has 1 amide bonds. The van der Waals surface area contributed by atoms with E-state index < -0.39 is 66.5 Å². The lowest BCUT2D eigenvalue weighted by atomic mass is 9.88. The minimum Gasteiger partial charge on any atom is -0.463 e. The van der Waals surface area contributed by atoms with E-state index in [1.807, 2.05) is 6.92 Å². The Morgan fingerprint density at radius 1 is 1.00 bits per heavy atom. The van der Waals surface area contributed by atoms with Crippen LogP contribution in [0.3, 0.4) is 0 Å². The van der Waals surface area contributed by atoms with Crippen molar-refractivity contribution in [2.24, 2.45) is 5.92 Å². The van der Waals surface area contributed by atoms with Crippen molar-refractivity contribution in [3.63, 3.8) is 0 Å². The van der Waals surface area contributed by atoms with Crippen LogP contribution in [-0.2, 0) is 52.4 Å². The summed E-state index contributed by atoms with van der Waals surface area (Å²) >= 11 is 0. The summed E-state index contributed by atoms with van der Waals surface area (Å²) in [6.07, 6.45) is 1.02. The molecule has 1 N–H and O–H groups in total. The molecule has 1 saturated heterocycles. The average Bonchev–Trinajstić information content (AvgIpc) is 2.75. The molecule has 36 heavy (non-hydrogen) atoms. The van der Waals surface area contributed by atoms with Gasteiger partial charge in [-0.05, 0) is 19.1 Å². The molecule has 12 nitrogen and oxygen atoms in total. The van der Waals surface area contributed by atoms with Crippen molar-refractivity contribution >= 4 is 29.8 Å². The number of ether oxygens (including phenoxy) is 6. The lowest BCUT2D eigenvalue weighted by Gasteiger charge is -2.45. The normalized spacial score (nSPS) is 31.0. The van der Waals surface area contributed by atoms with E-state index in [1.54, 1.807) is 18.2 Å². The van der Waals surface area contributed by atoms with Gasteiger partial charge >= 0.3 is 23.9 Å². The molecule has 2 aliphatic heterocycles. The lowest BCUT2D eigenvalue weighted by Crippen LogP contribution is -2.66. The Labute approximate surface area is 207 Å². The van der Waals surface area contributed by atoms with Gasteiger partial charge < -0.3 is 33.7 Å². The smallest absolute Gasteiger partial charge is 0.331 e. The van der Waals surface area contributed by atoms with Gasteiger partial charge in [0, 0.05) is 39.7 Å². The highest BCUT2D eigenvalue weighted by molar-refractivity contribution is 5.84. The maximum absolute atomic E-state index is 12.0. The van der Waals surface area contributed by atoms with Gasteiger partial charge in [0.1, 0.15) is 30.6 Å². The van der Waals surface area contributed by atoms with E-state index in [1.165, 1.54) is 19.9 Å². The summed E-state index contributed by atoms with van der Waals surface area (Å²) in [5.74, 6) is -2.91. The summed E-state index contributed by atoms with van der Waals surface area (Å²) in [6, 6.07) is -1.12. The first-order valence-electron chi connectivity index (χ1n) is 11.3. The highest BCUT2D eigenvalue weighted by Gasteiger charge is 2.52. The maximum atomic E-state index is 12.0. The molecule has 1 aliphatic carbocycles. The minimum atomic E-state index is -1.27. The second kappa shape index (κ2) is 11.4. The van der Waals surface area contributed by atoms with Crippen molar-refractivity contribution in [3.8, 4) is 0 Å². The first-order chi connectivity index (χ1) is 16.9. The van der Waals surface area contributed by atoms with E-state index >= 15 is 0 Å². The summed E-state index contributed by atoms with van der Waals surface area (Å²) < 4.78 is 33.2. The van der Waals surface area contributed by atoms with Crippen molar-refractivity contribution in [1.29, 1.82) is 0 Å². The number of hydrogen-bond acceptors (Lipinski definition) is 11. The summed E-state index contributed by atoms with van der Waals surface area (Å²) in [7, 11) is 0. The Balaban J connectivity index is 1.93. The Kier molecular flexibility index (Phi) is 8.51. The third-order valence-electron chi connectivity index (χ3n) is 5.60. The van der Waals surface area contributed by atoms with Crippen molar-refractivity contribution in [2.45, 2.75) is 71.4 Å². The van der Waals surface area contributed by atoms with Crippen LogP contribution in [0.15, 0.2) is 35.6 Å². The van der Waals surface area contributed by atoms with Gasteiger partial charge in [-0.1, -0.05) is 11.6 Å². The first kappa shape index (κ1) is 26.9. The minimum absolute atomic E-state index is 0.160. The fourth-order valence-electron chi connectivity index (χ4n) is 4.20. The number of esters is 4. The molecule has 1 fully saturated rings. The molecule has 0 unspecified atom stereocenters. The van der Waals surface area contributed by atoms with E-state index in [2.05, 4.69) is 5.32 Å². The lowest BCUT2D eigenvalue weighted by molar-refractivity contribution is -0.268. The molecular weight excluding hydrogens is 478 g/mol. The van der Waals surface area contributed by atoms with Crippen LogP contribution in [0, 0.1) is 5.92 Å². The van der Waals surface area contributed by atoms with Gasteiger partial charge in [-0.2, -0.15) is 0 Å². The van der Waals surface area contributed by atoms with Crippen molar-refractivity contribution in [3.05, 3.63) is 35.6 Å². The van der Waals surface area contributed by atoms with Crippen molar-refractivity contribution in [2.75, 3.05) is 6.61 Å². The molecule has 2 heterocycles. The van der Waals surface area contributed by atoms with E-state index in [9.17, 15) is 24.0 Å². The molecule has 0 aromatic rings. The molecule has 7 atom stereocenters. The van der Waals surface area contributed by atoms with Crippen molar-refractivity contribution < 1.29 is 52.4 Å². The highest BCUT2D eigenvalue weighted by Crippen LogP contribution is 2.33. The summed E-state index contributed by atoms with van der Waals surface area (Å²) in [5.41, 5.74) is 0.827. The highest BCUT2D eigenvalue weighted by atomic mass is 16.7. The largest absolute Gasteiger partial charge is 0.463 e. The standard InChI is InChI=1S/C24H29NO11/c1-11-8-20(30)35-18-9-16(6-7-17(11)18)34-24-21(25-12(2)26)23(33-15(5)29)22(32-14(4)28)19(36-24)10-31-13(3)27/h6-9,17-19,21-24H,10H2,1-5H3,(H,25,26)/t17-,18-,19+,21-,22+,23+,24+/m0/s1. The number of carbonyl (C=O) groups is 5. The maximum Gasteiger partial charge on any atom is 0.331 e. The predicted molar refractivity (Wildman–Crippen MR) is 119 cm³/mol. The van der Waals surface area contributed by atoms with Crippen LogP contribution in [0.1, 0.15) is 34.6 Å². The molecule has 12 heteroatoms. The predicted octanol–water partition coefficient (Wildman–Crippen LogP) is 0.601. The van der Waals surface area contributed by atoms with E-state index in [0.29, 0.717) is 0 Å². The fraction of sp³-hybridized carbons (Fsp3) is 0.542. The molecule has 0 bridgehead atoms. The van der Waals surface area contributed by atoms with Crippen LogP contribution in [0.2, 0.25) is 0 Å². The Bertz CT molecular complexity index is 1010. The van der Waals surface area contributed by atoms with Gasteiger partial charge in [-0.25, -0.2) is 4.79 Å². The van der Waals surface area contributed by atoms with Gasteiger partial charge in [0.2, 0.25) is 12.2 Å². The summed E-state index contributed by atoms with van der Waals surface area (Å²) in [6.45, 7) is 6.21. The number of carbonyl (C=O) groups excluding carboxylic acids is 5. The zero-order chi connectivity index (χ0) is 26.6. The van der Waals surface area contributed by atoms with Crippen LogP contribution < -0.4 is 5.32 Å². The third kappa shape index (κ3) is 6.72. The van der Waals surface area contributed by atoms with Crippen LogP contribution in [0.5, 0.6) is 0 Å². The molecule has 0 aromatic heterocycles. The van der Waals surface area contributed by atoms with Gasteiger partial charge in [0.25, 0.3) is 0 Å². The topological polar surface area (TPSA) is 153 Å². The van der Waals surface area contributed by atoms with E-state index in [0.717, 1.165) is 19.4 Å². The number of hydrogen-bond donors (Lipinski definition) is 1. The van der Waals surface area contributed by atoms with Gasteiger partial charge in [0.15, 0.2) is 12.2 Å². The number of nitrogens with one attached hydrogen (secondary N) is 1. The van der Waals surface area contributed by atoms with E-state index in [-0.39, 0.29) is 18.3 Å². The summed E-state index contributed by atoms with van der Waals surface area (Å²) in [4.78, 5) is 59.1. The molecule has 0 aromatic carbocycles. The molecule has 196 valence electrons. The average molecular weight is 507 g/mol. The van der Waals surface area contributed by atoms with E-state index in [4.69, 9.17) is 28.4 Å². The third-order valence-corrected chi connectivity index (χ3v) is 5.60. The quantitative estimate of drug-likeness (QED) is 0.381. The first-order valence-corrected chi connectivity index (χ1v) is 11.3.